The molecule has 6 nitrogen and oxygen atoms in total. The molecule has 0 fully saturated rings. The monoisotopic (exact) mass is 343 g/mol. The van der Waals surface area contributed by atoms with Crippen molar-refractivity contribution in [1.29, 1.82) is 5.26 Å². The molecule has 0 spiro atoms. The maximum absolute atomic E-state index is 12.7. The number of hydrogen-bond acceptors (Lipinski definition) is 6. The van der Waals surface area contributed by atoms with Gasteiger partial charge in [0, 0.05) is 17.4 Å². The molecule has 1 aromatic carbocycles. The largest absolute Gasteiger partial charge is 0.282 e. The van der Waals surface area contributed by atoms with Gasteiger partial charge < -0.3 is 0 Å². The van der Waals surface area contributed by atoms with Gasteiger partial charge in [-0.05, 0) is 11.6 Å². The first-order chi connectivity index (χ1) is 11.2. The lowest BCUT2D eigenvalue weighted by atomic mass is 10.2. The zero-order valence-electron chi connectivity index (χ0n) is 11.8. The van der Waals surface area contributed by atoms with E-state index >= 15 is 0 Å². The van der Waals surface area contributed by atoms with E-state index in [2.05, 4.69) is 15.0 Å². The molecular weight excluding hydrogens is 334 g/mol. The molecule has 0 aliphatic carbocycles. The normalized spacial score (nSPS) is 10.6. The molecule has 0 unspecified atom stereocenters. The SMILES string of the molecule is N#CCSc1nc2nccnc2c(=O)n1Cc1ccccc1Cl. The molecule has 0 aliphatic rings. The lowest BCUT2D eigenvalue weighted by Gasteiger charge is -2.12. The van der Waals surface area contributed by atoms with Gasteiger partial charge in [0.1, 0.15) is 0 Å². The Balaban J connectivity index is 2.17. The smallest absolute Gasteiger partial charge is 0.281 e. The number of benzene rings is 1. The van der Waals surface area contributed by atoms with E-state index in [1.165, 1.54) is 28.7 Å². The van der Waals surface area contributed by atoms with Crippen LogP contribution in [0.3, 0.4) is 0 Å². The maximum atomic E-state index is 12.7. The number of halogens is 1. The predicted octanol–water partition coefficient (Wildman–Crippen LogP) is 2.50. The summed E-state index contributed by atoms with van der Waals surface area (Å²) < 4.78 is 1.47. The molecule has 23 heavy (non-hydrogen) atoms. The fourth-order valence-corrected chi connectivity index (χ4v) is 2.92. The van der Waals surface area contributed by atoms with E-state index in [0.717, 1.165) is 5.56 Å². The van der Waals surface area contributed by atoms with Gasteiger partial charge in [-0.15, -0.1) is 0 Å². The molecule has 0 radical (unpaired) electrons. The standard InChI is InChI=1S/C15H10ClN5OS/c16-11-4-2-1-3-10(11)9-21-14(22)12-13(19-7-6-18-12)20-15(21)23-8-5-17/h1-4,6-7H,8-9H2. The third-order valence-corrected chi connectivity index (χ3v) is 4.32. The molecule has 0 bridgehead atoms. The molecular formula is C15H10ClN5OS. The van der Waals surface area contributed by atoms with E-state index in [-0.39, 0.29) is 29.0 Å². The van der Waals surface area contributed by atoms with Gasteiger partial charge >= 0.3 is 0 Å². The van der Waals surface area contributed by atoms with Crippen LogP contribution in [0.4, 0.5) is 0 Å². The highest BCUT2D eigenvalue weighted by Gasteiger charge is 2.14. The van der Waals surface area contributed by atoms with Crippen LogP contribution < -0.4 is 5.56 Å². The molecule has 2 heterocycles. The van der Waals surface area contributed by atoms with Crippen molar-refractivity contribution in [2.45, 2.75) is 11.7 Å². The van der Waals surface area contributed by atoms with Crippen LogP contribution in [0.15, 0.2) is 46.6 Å². The molecule has 0 saturated heterocycles. The number of thioether (sulfide) groups is 1. The fraction of sp³-hybridized carbons (Fsp3) is 0.133. The van der Waals surface area contributed by atoms with Crippen molar-refractivity contribution in [3.8, 4) is 6.07 Å². The van der Waals surface area contributed by atoms with Crippen molar-refractivity contribution in [1.82, 2.24) is 19.5 Å². The van der Waals surface area contributed by atoms with Gasteiger partial charge in [0.15, 0.2) is 16.3 Å². The first-order valence-corrected chi connectivity index (χ1v) is 8.02. The Hall–Kier alpha value is -2.43. The van der Waals surface area contributed by atoms with E-state index < -0.39 is 0 Å². The summed E-state index contributed by atoms with van der Waals surface area (Å²) in [5.74, 6) is 0.181. The highest BCUT2D eigenvalue weighted by Crippen LogP contribution is 2.20. The quantitative estimate of drug-likeness (QED) is 0.534. The molecule has 0 N–H and O–H groups in total. The fourth-order valence-electron chi connectivity index (χ4n) is 2.07. The van der Waals surface area contributed by atoms with Crippen LogP contribution in [0.1, 0.15) is 5.56 Å². The Morgan fingerprint density at radius 3 is 2.83 bits per heavy atom. The van der Waals surface area contributed by atoms with Crippen molar-refractivity contribution in [3.63, 3.8) is 0 Å². The second kappa shape index (κ2) is 6.77. The Bertz CT molecular complexity index is 966. The van der Waals surface area contributed by atoms with Crippen LogP contribution in [-0.2, 0) is 6.54 Å². The summed E-state index contributed by atoms with van der Waals surface area (Å²) in [5.41, 5.74) is 0.956. The van der Waals surface area contributed by atoms with Crippen molar-refractivity contribution in [2.75, 3.05) is 5.75 Å². The summed E-state index contributed by atoms with van der Waals surface area (Å²) in [6.45, 7) is 0.256. The lowest BCUT2D eigenvalue weighted by molar-refractivity contribution is 0.654. The van der Waals surface area contributed by atoms with Crippen LogP contribution in [0.2, 0.25) is 5.02 Å². The van der Waals surface area contributed by atoms with Crippen LogP contribution in [0, 0.1) is 11.3 Å². The first kappa shape index (κ1) is 15.5. The minimum atomic E-state index is -0.302. The van der Waals surface area contributed by atoms with Gasteiger partial charge in [-0.1, -0.05) is 41.6 Å². The topological polar surface area (TPSA) is 84.5 Å². The molecule has 0 saturated carbocycles. The van der Waals surface area contributed by atoms with Gasteiger partial charge in [-0.3, -0.25) is 9.36 Å². The van der Waals surface area contributed by atoms with Crippen molar-refractivity contribution in [3.05, 3.63) is 57.6 Å². The van der Waals surface area contributed by atoms with E-state index in [1.807, 2.05) is 24.3 Å². The average Bonchev–Trinajstić information content (AvgIpc) is 2.57. The minimum Gasteiger partial charge on any atom is -0.281 e. The number of fused-ring (bicyclic) bond motifs is 1. The Morgan fingerprint density at radius 2 is 2.04 bits per heavy atom. The number of nitriles is 1. The van der Waals surface area contributed by atoms with Crippen molar-refractivity contribution in [2.24, 2.45) is 0 Å². The third-order valence-electron chi connectivity index (χ3n) is 3.11. The highest BCUT2D eigenvalue weighted by atomic mass is 35.5. The molecule has 2 aromatic heterocycles. The molecule has 0 atom stereocenters. The van der Waals surface area contributed by atoms with Gasteiger partial charge in [-0.2, -0.15) is 5.26 Å². The number of nitrogens with zero attached hydrogens (tertiary/aromatic N) is 5. The Morgan fingerprint density at radius 1 is 1.26 bits per heavy atom. The molecule has 3 aromatic rings. The van der Waals surface area contributed by atoms with Crippen LogP contribution >= 0.6 is 23.4 Å². The van der Waals surface area contributed by atoms with Gasteiger partial charge in [0.25, 0.3) is 5.56 Å². The second-order valence-corrected chi connectivity index (χ2v) is 5.90. The molecule has 0 amide bonds. The summed E-state index contributed by atoms with van der Waals surface area (Å²) in [7, 11) is 0. The van der Waals surface area contributed by atoms with Crippen LogP contribution in [0.5, 0.6) is 0 Å². The average molecular weight is 344 g/mol. The zero-order valence-corrected chi connectivity index (χ0v) is 13.4. The number of rotatable bonds is 4. The maximum Gasteiger partial charge on any atom is 0.282 e. The molecule has 114 valence electrons. The highest BCUT2D eigenvalue weighted by molar-refractivity contribution is 7.99. The summed E-state index contributed by atoms with van der Waals surface area (Å²) in [6, 6.07) is 9.31. The van der Waals surface area contributed by atoms with E-state index in [4.69, 9.17) is 16.9 Å². The van der Waals surface area contributed by atoms with Gasteiger partial charge in [-0.25, -0.2) is 15.0 Å². The first-order valence-electron chi connectivity index (χ1n) is 6.65. The third kappa shape index (κ3) is 3.18. The number of aromatic nitrogens is 4. The minimum absolute atomic E-state index is 0.181. The Labute approximate surface area is 140 Å². The van der Waals surface area contributed by atoms with Crippen LogP contribution in [0.25, 0.3) is 11.2 Å². The van der Waals surface area contributed by atoms with Crippen LogP contribution in [-0.4, -0.2) is 25.3 Å². The number of hydrogen-bond donors (Lipinski definition) is 0. The summed E-state index contributed by atoms with van der Waals surface area (Å²) >= 11 is 7.36. The summed E-state index contributed by atoms with van der Waals surface area (Å²) in [5, 5.41) is 9.79. The Kier molecular flexibility index (Phi) is 4.55. The van der Waals surface area contributed by atoms with E-state index in [9.17, 15) is 4.79 Å². The molecule has 3 rings (SSSR count). The zero-order chi connectivity index (χ0) is 16.2. The van der Waals surface area contributed by atoms with E-state index in [1.54, 1.807) is 6.07 Å². The van der Waals surface area contributed by atoms with Crippen molar-refractivity contribution < 1.29 is 0 Å². The summed E-state index contributed by atoms with van der Waals surface area (Å²) in [6.07, 6.45) is 2.93. The lowest BCUT2D eigenvalue weighted by Crippen LogP contribution is -2.25. The predicted molar refractivity (Wildman–Crippen MR) is 88.5 cm³/mol. The van der Waals surface area contributed by atoms with Gasteiger partial charge in [0.05, 0.1) is 18.4 Å². The van der Waals surface area contributed by atoms with Crippen molar-refractivity contribution >= 4 is 34.5 Å². The van der Waals surface area contributed by atoms with E-state index in [0.29, 0.717) is 10.2 Å². The second-order valence-electron chi connectivity index (χ2n) is 4.55. The summed E-state index contributed by atoms with van der Waals surface area (Å²) in [4.78, 5) is 25.2. The molecule has 8 heteroatoms. The molecule has 0 aliphatic heterocycles. The van der Waals surface area contributed by atoms with Gasteiger partial charge in [0.2, 0.25) is 0 Å².